The molecular formula is C32H21Cl2F5N2O5S. The number of phenols is 1. The first-order valence-corrected chi connectivity index (χ1v) is 15.9. The van der Waals surface area contributed by atoms with Gasteiger partial charge in [-0.25, -0.2) is 26.9 Å². The molecule has 7 nitrogen and oxygen atoms in total. The van der Waals surface area contributed by atoms with E-state index in [1.54, 1.807) is 23.6 Å². The Labute approximate surface area is 277 Å². The van der Waals surface area contributed by atoms with Crippen molar-refractivity contribution in [2.45, 2.75) is 42.0 Å². The lowest BCUT2D eigenvalue weighted by atomic mass is 9.56. The van der Waals surface area contributed by atoms with Gasteiger partial charge in [-0.3, -0.25) is 24.1 Å². The van der Waals surface area contributed by atoms with Crippen LogP contribution in [0.3, 0.4) is 0 Å². The molecule has 4 amide bonds. The molecule has 1 saturated carbocycles. The van der Waals surface area contributed by atoms with Gasteiger partial charge in [-0.1, -0.05) is 29.8 Å². The highest BCUT2D eigenvalue weighted by Gasteiger charge is 2.77. The van der Waals surface area contributed by atoms with Crippen molar-refractivity contribution in [1.29, 1.82) is 0 Å². The van der Waals surface area contributed by atoms with Gasteiger partial charge < -0.3 is 5.11 Å². The van der Waals surface area contributed by atoms with Crippen LogP contribution < -0.4 is 4.90 Å². The van der Waals surface area contributed by atoms with E-state index in [0.29, 0.717) is 11.1 Å². The summed E-state index contributed by atoms with van der Waals surface area (Å²) in [6.45, 7) is 1.53. The average molecular weight is 711 g/mol. The van der Waals surface area contributed by atoms with Gasteiger partial charge in [0.25, 0.3) is 11.8 Å². The molecular weight excluding hydrogens is 690 g/mol. The summed E-state index contributed by atoms with van der Waals surface area (Å²) in [7, 11) is 0. The van der Waals surface area contributed by atoms with Gasteiger partial charge in [-0.05, 0) is 54.3 Å². The molecule has 7 rings (SSSR count). The number of phenolic OH excluding ortho intramolecular Hbond substituents is 1. The maximum atomic E-state index is 15.1. The number of nitrogens with zero attached hydrogens (tertiary/aromatic N) is 2. The van der Waals surface area contributed by atoms with Gasteiger partial charge in [0.1, 0.15) is 11.4 Å². The van der Waals surface area contributed by atoms with Crippen LogP contribution in [0.5, 0.6) is 5.75 Å². The molecule has 4 aliphatic rings. The molecule has 0 bridgehead atoms. The molecule has 2 aliphatic heterocycles. The highest BCUT2D eigenvalue weighted by atomic mass is 35.5. The minimum Gasteiger partial charge on any atom is -0.508 e. The Balaban J connectivity index is 1.42. The molecule has 6 unspecified atom stereocenters. The summed E-state index contributed by atoms with van der Waals surface area (Å²) < 4.78 is 72.9. The number of aromatic hydroxyl groups is 1. The number of carbonyl (C=O) groups excluding carboxylic acids is 4. The Bertz CT molecular complexity index is 1950. The van der Waals surface area contributed by atoms with E-state index in [1.807, 2.05) is 0 Å². The largest absolute Gasteiger partial charge is 0.508 e. The smallest absolute Gasteiger partial charge is 0.258 e. The number of aryl methyl sites for hydroxylation is 1. The summed E-state index contributed by atoms with van der Waals surface area (Å²) in [6, 6.07) is 7.63. The number of alkyl halides is 2. The number of rotatable bonds is 4. The van der Waals surface area contributed by atoms with Gasteiger partial charge in [-0.15, -0.1) is 34.5 Å². The van der Waals surface area contributed by atoms with Crippen molar-refractivity contribution in [3.8, 4) is 5.75 Å². The Kier molecular flexibility index (Phi) is 7.16. The summed E-state index contributed by atoms with van der Waals surface area (Å²) in [5.41, 5.74) is -0.984. The van der Waals surface area contributed by atoms with E-state index in [2.05, 4.69) is 0 Å². The Hall–Kier alpha value is -3.81. The fraction of sp³-hybridized carbons (Fsp3) is 0.312. The molecule has 15 heteroatoms. The van der Waals surface area contributed by atoms with E-state index in [9.17, 15) is 37.5 Å². The number of anilines is 1. The minimum absolute atomic E-state index is 0.00186. The number of carbonyl (C=O) groups is 4. The van der Waals surface area contributed by atoms with Crippen molar-refractivity contribution < 1.29 is 46.2 Å². The molecule has 3 aromatic rings. The fourth-order valence-corrected chi connectivity index (χ4v) is 9.21. The lowest BCUT2D eigenvalue weighted by molar-refractivity contribution is -0.141. The van der Waals surface area contributed by atoms with Crippen LogP contribution in [0, 0.1) is 53.8 Å². The predicted molar refractivity (Wildman–Crippen MR) is 159 cm³/mol. The van der Waals surface area contributed by atoms with E-state index in [0.717, 1.165) is 9.78 Å². The third kappa shape index (κ3) is 4.08. The summed E-state index contributed by atoms with van der Waals surface area (Å²) in [5, 5.41) is 12.0. The molecule has 6 atom stereocenters. The number of hydrogen-bond acceptors (Lipinski definition) is 6. The highest BCUT2D eigenvalue weighted by Crippen LogP contribution is 2.66. The SMILES string of the molecule is Cc1cc(C2C3=CCC4C(=O)N(Cc5cccs5)C(=O)C4C3CC3(Cl)C(=O)N(c4c(F)c(F)c(F)c(F)c4F)C(=O)C23Cl)ccc1O. The third-order valence-corrected chi connectivity index (χ3v) is 12.0. The Morgan fingerprint density at radius 2 is 1.57 bits per heavy atom. The minimum atomic E-state index is -2.62. The van der Waals surface area contributed by atoms with Crippen LogP contribution in [0.4, 0.5) is 27.6 Å². The third-order valence-electron chi connectivity index (χ3n) is 9.76. The van der Waals surface area contributed by atoms with Crippen molar-refractivity contribution in [1.82, 2.24) is 4.90 Å². The van der Waals surface area contributed by atoms with Gasteiger partial charge >= 0.3 is 0 Å². The molecule has 3 fully saturated rings. The molecule has 2 aliphatic carbocycles. The second-order valence-corrected chi connectivity index (χ2v) is 14.4. The Morgan fingerprint density at radius 1 is 0.915 bits per heavy atom. The first kappa shape index (κ1) is 31.8. The first-order valence-electron chi connectivity index (χ1n) is 14.3. The van der Waals surface area contributed by atoms with E-state index < -0.39 is 98.2 Å². The van der Waals surface area contributed by atoms with Crippen LogP contribution in [0.15, 0.2) is 47.4 Å². The lowest BCUT2D eigenvalue weighted by Crippen LogP contribution is -2.60. The first-order chi connectivity index (χ1) is 22.1. The number of imide groups is 2. The van der Waals surface area contributed by atoms with Crippen LogP contribution in [-0.2, 0) is 25.7 Å². The van der Waals surface area contributed by atoms with Crippen LogP contribution in [0.2, 0.25) is 0 Å². The molecule has 47 heavy (non-hydrogen) atoms. The van der Waals surface area contributed by atoms with Crippen LogP contribution in [-0.4, -0.2) is 43.4 Å². The Morgan fingerprint density at radius 3 is 2.19 bits per heavy atom. The summed E-state index contributed by atoms with van der Waals surface area (Å²) in [6.07, 6.45) is 1.08. The topological polar surface area (TPSA) is 95.0 Å². The molecule has 2 saturated heterocycles. The number of fused-ring (bicyclic) bond motifs is 4. The number of hydrogen-bond donors (Lipinski definition) is 1. The quantitative estimate of drug-likeness (QED) is 0.0867. The molecule has 1 aromatic heterocycles. The van der Waals surface area contributed by atoms with Crippen molar-refractivity contribution in [3.63, 3.8) is 0 Å². The van der Waals surface area contributed by atoms with E-state index >= 15 is 8.78 Å². The zero-order chi connectivity index (χ0) is 33.9. The normalized spacial score (nSPS) is 30.1. The van der Waals surface area contributed by atoms with Crippen molar-refractivity contribution >= 4 is 63.9 Å². The summed E-state index contributed by atoms with van der Waals surface area (Å²) in [5.74, 6) is -20.8. The maximum absolute atomic E-state index is 15.1. The number of amides is 4. The standard InChI is InChI=1S/C32H21Cl2F5N2O5S/c1-12-9-13(4-7-18(12)42)20-15-5-6-16-19(28(44)40(27(16)43)11-14-3-2-8-47-14)17(15)10-31(33)29(45)41(30(46)32(20,31)34)26-24(38)22(36)21(35)23(37)25(26)39/h2-5,7-9,16-17,19-20,42H,6,10-11H2,1H3. The van der Waals surface area contributed by atoms with Crippen LogP contribution >= 0.6 is 34.5 Å². The van der Waals surface area contributed by atoms with Crippen molar-refractivity contribution in [3.05, 3.63) is 92.5 Å². The van der Waals surface area contributed by atoms with E-state index in [4.69, 9.17) is 23.2 Å². The lowest BCUT2D eigenvalue weighted by Gasteiger charge is -2.50. The number of thiophene rings is 1. The average Bonchev–Trinajstić information content (AvgIpc) is 3.68. The van der Waals surface area contributed by atoms with E-state index in [-0.39, 0.29) is 29.2 Å². The van der Waals surface area contributed by atoms with Crippen LogP contribution in [0.25, 0.3) is 0 Å². The summed E-state index contributed by atoms with van der Waals surface area (Å²) in [4.78, 5) is 52.4. The molecule has 1 N–H and O–H groups in total. The number of benzene rings is 2. The number of allylic oxidation sites excluding steroid dienone is 2. The summed E-state index contributed by atoms with van der Waals surface area (Å²) >= 11 is 15.5. The number of halogens is 7. The zero-order valence-electron chi connectivity index (χ0n) is 24.0. The van der Waals surface area contributed by atoms with Gasteiger partial charge in [0.2, 0.25) is 17.6 Å². The molecule has 2 aromatic carbocycles. The molecule has 0 radical (unpaired) electrons. The second-order valence-electron chi connectivity index (χ2n) is 12.1. The van der Waals surface area contributed by atoms with Crippen molar-refractivity contribution in [2.24, 2.45) is 17.8 Å². The molecule has 244 valence electrons. The fourth-order valence-electron chi connectivity index (χ4n) is 7.58. The van der Waals surface area contributed by atoms with Gasteiger partial charge in [0, 0.05) is 10.8 Å². The molecule has 3 heterocycles. The van der Waals surface area contributed by atoms with Gasteiger partial charge in [-0.2, -0.15) is 0 Å². The molecule has 0 spiro atoms. The zero-order valence-corrected chi connectivity index (χ0v) is 26.3. The monoisotopic (exact) mass is 710 g/mol. The van der Waals surface area contributed by atoms with Crippen LogP contribution in [0.1, 0.15) is 34.8 Å². The number of likely N-dealkylation sites (tertiary alicyclic amines) is 1. The second kappa shape index (κ2) is 10.6. The van der Waals surface area contributed by atoms with Crippen molar-refractivity contribution in [2.75, 3.05) is 4.90 Å². The highest BCUT2D eigenvalue weighted by molar-refractivity contribution is 7.09. The maximum Gasteiger partial charge on any atom is 0.258 e. The van der Waals surface area contributed by atoms with Gasteiger partial charge in [0.05, 0.1) is 18.4 Å². The van der Waals surface area contributed by atoms with Gasteiger partial charge in [0.15, 0.2) is 33.0 Å². The predicted octanol–water partition coefficient (Wildman–Crippen LogP) is 6.22. The van der Waals surface area contributed by atoms with E-state index in [1.165, 1.54) is 36.5 Å².